The molecule has 2 aromatic carbocycles. The molecule has 1 saturated heterocycles. The summed E-state index contributed by atoms with van der Waals surface area (Å²) in [5.74, 6) is -1.54. The first-order chi connectivity index (χ1) is 13.0. The number of benzene rings is 2. The predicted octanol–water partition coefficient (Wildman–Crippen LogP) is 1.13. The third-order valence-electron chi connectivity index (χ3n) is 4.85. The zero-order valence-electron chi connectivity index (χ0n) is 13.5. The lowest BCUT2D eigenvalue weighted by molar-refractivity contribution is -0.122. The quantitative estimate of drug-likeness (QED) is 0.587. The molecule has 2 heterocycles. The smallest absolute Gasteiger partial charge is 0.316 e. The molecule has 3 aromatic rings. The van der Waals surface area contributed by atoms with Crippen molar-refractivity contribution in [2.45, 2.75) is 12.0 Å². The summed E-state index contributed by atoms with van der Waals surface area (Å²) in [6.45, 7) is 0. The molecule has 3 amide bonds. The summed E-state index contributed by atoms with van der Waals surface area (Å²) in [4.78, 5) is 24.6. The number of urea groups is 1. The molecule has 0 bridgehead atoms. The van der Waals surface area contributed by atoms with Crippen LogP contribution in [-0.4, -0.2) is 32.6 Å². The van der Waals surface area contributed by atoms with Crippen LogP contribution in [0.1, 0.15) is 22.5 Å². The molecule has 1 aliphatic carbocycles. The lowest BCUT2D eigenvalue weighted by Crippen LogP contribution is -2.43. The molecule has 1 aliphatic heterocycles. The van der Waals surface area contributed by atoms with Gasteiger partial charge in [-0.2, -0.15) is 5.21 Å². The van der Waals surface area contributed by atoms with Gasteiger partial charge in [0.1, 0.15) is 11.6 Å². The standard InChI is InChI=1S/C17H10F2N6O2/c18-8-1-2-10-11(5-8)17(15(26)20-16(27)21-17)12-6-9(19)3-7(14(10)12)4-13-22-24-25-23-13/h1-3,5-6H,4H2,(H2,20,21,26,27)(H,22,23,24,25). The van der Waals surface area contributed by atoms with Crippen molar-refractivity contribution in [2.75, 3.05) is 0 Å². The number of rotatable bonds is 2. The van der Waals surface area contributed by atoms with Gasteiger partial charge in [0.2, 0.25) is 0 Å². The minimum absolute atomic E-state index is 0.138. The van der Waals surface area contributed by atoms with Gasteiger partial charge in [0.05, 0.1) is 0 Å². The molecule has 1 fully saturated rings. The van der Waals surface area contributed by atoms with Crippen molar-refractivity contribution in [2.24, 2.45) is 0 Å². The number of fused-ring (bicyclic) bond motifs is 5. The van der Waals surface area contributed by atoms with E-state index >= 15 is 0 Å². The van der Waals surface area contributed by atoms with Crippen molar-refractivity contribution in [1.29, 1.82) is 0 Å². The molecule has 2 aliphatic rings. The highest BCUT2D eigenvalue weighted by atomic mass is 19.1. The molecule has 1 atom stereocenters. The molecule has 1 aromatic heterocycles. The highest BCUT2D eigenvalue weighted by Crippen LogP contribution is 2.51. The number of carbonyl (C=O) groups excluding carboxylic acids is 2. The fourth-order valence-electron chi connectivity index (χ4n) is 3.87. The van der Waals surface area contributed by atoms with Gasteiger partial charge >= 0.3 is 6.03 Å². The van der Waals surface area contributed by atoms with Gasteiger partial charge in [-0.3, -0.25) is 10.1 Å². The highest BCUT2D eigenvalue weighted by molar-refractivity contribution is 6.13. The Bertz CT molecular complexity index is 1130. The van der Waals surface area contributed by atoms with Gasteiger partial charge in [-0.05, 0) is 41.0 Å². The maximum atomic E-state index is 14.4. The predicted molar refractivity (Wildman–Crippen MR) is 86.2 cm³/mol. The molecule has 27 heavy (non-hydrogen) atoms. The van der Waals surface area contributed by atoms with Gasteiger partial charge in [-0.25, -0.2) is 13.6 Å². The number of tetrazole rings is 1. The Morgan fingerprint density at radius 3 is 2.56 bits per heavy atom. The molecule has 8 nitrogen and oxygen atoms in total. The van der Waals surface area contributed by atoms with Crippen LogP contribution in [0.3, 0.4) is 0 Å². The fourth-order valence-corrected chi connectivity index (χ4v) is 3.87. The molecule has 5 rings (SSSR count). The van der Waals surface area contributed by atoms with Crippen LogP contribution in [0.4, 0.5) is 13.6 Å². The van der Waals surface area contributed by atoms with Gasteiger partial charge in [0.25, 0.3) is 5.91 Å². The minimum Gasteiger partial charge on any atom is -0.316 e. The topological polar surface area (TPSA) is 113 Å². The van der Waals surface area contributed by atoms with Gasteiger partial charge in [0.15, 0.2) is 11.4 Å². The Labute approximate surface area is 150 Å². The van der Waals surface area contributed by atoms with Crippen LogP contribution in [0.2, 0.25) is 0 Å². The van der Waals surface area contributed by atoms with Gasteiger partial charge < -0.3 is 5.32 Å². The summed E-state index contributed by atoms with van der Waals surface area (Å²) in [6.07, 6.45) is 0.138. The van der Waals surface area contributed by atoms with Crippen molar-refractivity contribution < 1.29 is 18.4 Å². The maximum absolute atomic E-state index is 14.4. The van der Waals surface area contributed by atoms with Crippen LogP contribution in [0, 0.1) is 11.6 Å². The van der Waals surface area contributed by atoms with Crippen LogP contribution >= 0.6 is 0 Å². The van der Waals surface area contributed by atoms with Crippen LogP contribution in [-0.2, 0) is 16.8 Å². The summed E-state index contributed by atoms with van der Waals surface area (Å²) in [6, 6.07) is 5.68. The van der Waals surface area contributed by atoms with E-state index in [1.54, 1.807) is 0 Å². The van der Waals surface area contributed by atoms with Gasteiger partial charge in [-0.1, -0.05) is 11.3 Å². The summed E-state index contributed by atoms with van der Waals surface area (Å²) in [5, 5.41) is 18.3. The third kappa shape index (κ3) is 2.03. The number of aromatic nitrogens is 4. The summed E-state index contributed by atoms with van der Waals surface area (Å²) < 4.78 is 28.4. The number of H-pyrrole nitrogens is 1. The number of imide groups is 1. The van der Waals surface area contributed by atoms with E-state index in [2.05, 4.69) is 31.3 Å². The Hall–Kier alpha value is -3.69. The van der Waals surface area contributed by atoms with Gasteiger partial charge in [0, 0.05) is 17.5 Å². The Kier molecular flexibility index (Phi) is 2.97. The maximum Gasteiger partial charge on any atom is 0.322 e. The van der Waals surface area contributed by atoms with E-state index in [4.69, 9.17) is 0 Å². The van der Waals surface area contributed by atoms with Gasteiger partial charge in [-0.15, -0.1) is 10.2 Å². The van der Waals surface area contributed by atoms with Crippen LogP contribution < -0.4 is 10.6 Å². The van der Waals surface area contributed by atoms with Crippen molar-refractivity contribution in [3.8, 4) is 11.1 Å². The molecule has 134 valence electrons. The van der Waals surface area contributed by atoms with Crippen LogP contribution in [0.5, 0.6) is 0 Å². The summed E-state index contributed by atoms with van der Waals surface area (Å²) >= 11 is 0. The molecule has 1 spiro atoms. The second-order valence-corrected chi connectivity index (χ2v) is 6.34. The minimum atomic E-state index is -1.68. The Balaban J connectivity index is 1.83. The normalized spacial score (nSPS) is 19.8. The first-order valence-corrected chi connectivity index (χ1v) is 7.98. The molecule has 0 radical (unpaired) electrons. The van der Waals surface area contributed by atoms with Crippen molar-refractivity contribution in [1.82, 2.24) is 31.3 Å². The molecule has 0 saturated carbocycles. The van der Waals surface area contributed by atoms with E-state index < -0.39 is 29.1 Å². The zero-order valence-corrected chi connectivity index (χ0v) is 13.5. The molecule has 10 heteroatoms. The summed E-state index contributed by atoms with van der Waals surface area (Å²) in [5.41, 5.74) is 0.365. The van der Waals surface area contributed by atoms with E-state index in [9.17, 15) is 18.4 Å². The van der Waals surface area contributed by atoms with E-state index in [0.29, 0.717) is 22.5 Å². The monoisotopic (exact) mass is 368 g/mol. The van der Waals surface area contributed by atoms with Crippen LogP contribution in [0.25, 0.3) is 11.1 Å². The van der Waals surface area contributed by atoms with E-state index in [1.165, 1.54) is 30.3 Å². The Morgan fingerprint density at radius 2 is 1.85 bits per heavy atom. The Morgan fingerprint density at radius 1 is 1.04 bits per heavy atom. The lowest BCUT2D eigenvalue weighted by Gasteiger charge is -2.23. The molecular formula is C17H10F2N6O2. The van der Waals surface area contributed by atoms with E-state index in [-0.39, 0.29) is 17.5 Å². The van der Waals surface area contributed by atoms with Crippen molar-refractivity contribution >= 4 is 11.9 Å². The fraction of sp³-hybridized carbons (Fsp3) is 0.118. The first kappa shape index (κ1) is 15.6. The largest absolute Gasteiger partial charge is 0.322 e. The molecular weight excluding hydrogens is 358 g/mol. The van der Waals surface area contributed by atoms with Crippen molar-refractivity contribution in [3.63, 3.8) is 0 Å². The second kappa shape index (κ2) is 5.16. The lowest BCUT2D eigenvalue weighted by atomic mass is 9.87. The number of hydrogen-bond donors (Lipinski definition) is 3. The molecule has 3 N–H and O–H groups in total. The highest BCUT2D eigenvalue weighted by Gasteiger charge is 2.55. The number of amides is 3. The van der Waals surface area contributed by atoms with Crippen LogP contribution in [0.15, 0.2) is 30.3 Å². The number of carbonyl (C=O) groups is 2. The number of aromatic amines is 1. The third-order valence-corrected chi connectivity index (χ3v) is 4.85. The first-order valence-electron chi connectivity index (χ1n) is 7.98. The average Bonchev–Trinajstić information content (AvgIpc) is 3.28. The number of nitrogens with zero attached hydrogens (tertiary/aromatic N) is 3. The number of hydrogen-bond acceptors (Lipinski definition) is 5. The summed E-state index contributed by atoms with van der Waals surface area (Å²) in [7, 11) is 0. The molecule has 1 unspecified atom stereocenters. The second-order valence-electron chi connectivity index (χ2n) is 6.34. The number of halogens is 2. The van der Waals surface area contributed by atoms with Crippen molar-refractivity contribution in [3.05, 3.63) is 64.5 Å². The SMILES string of the molecule is O=C1NC(=O)C2(N1)c1cc(F)ccc1-c1c(Cc3nn[nH]n3)cc(F)cc12. The van der Waals surface area contributed by atoms with E-state index in [1.807, 2.05) is 0 Å². The number of nitrogens with one attached hydrogen (secondary N) is 3. The average molecular weight is 368 g/mol. The zero-order chi connectivity index (χ0) is 18.8. The van der Waals surface area contributed by atoms with E-state index in [0.717, 1.165) is 0 Å².